The number of carboxylic acid groups (broad SMARTS) is 1. The Labute approximate surface area is 179 Å². The van der Waals surface area contributed by atoms with Gasteiger partial charge >= 0.3 is 11.9 Å². The van der Waals surface area contributed by atoms with E-state index < -0.39 is 11.9 Å². The summed E-state index contributed by atoms with van der Waals surface area (Å²) in [6.45, 7) is 1.97. The van der Waals surface area contributed by atoms with Crippen molar-refractivity contribution in [3.8, 4) is 10.7 Å². The van der Waals surface area contributed by atoms with Crippen molar-refractivity contribution < 1.29 is 19.4 Å². The molecular formula is C20H16N4O4S2. The second-order valence-electron chi connectivity index (χ2n) is 6.14. The molecule has 1 aromatic carbocycles. The maximum atomic E-state index is 12.7. The Hall–Kier alpha value is -3.24. The molecule has 2 aromatic heterocycles. The van der Waals surface area contributed by atoms with E-state index in [2.05, 4.69) is 15.3 Å². The van der Waals surface area contributed by atoms with Gasteiger partial charge in [0.15, 0.2) is 5.82 Å². The molecule has 1 aliphatic rings. The molecule has 3 aromatic rings. The molecule has 8 nitrogen and oxygen atoms in total. The number of carbonyl (C=O) groups is 2. The van der Waals surface area contributed by atoms with E-state index in [-0.39, 0.29) is 12.2 Å². The lowest BCUT2D eigenvalue weighted by Gasteiger charge is -2.15. The van der Waals surface area contributed by atoms with Crippen LogP contribution in [0.5, 0.6) is 0 Å². The van der Waals surface area contributed by atoms with E-state index in [1.54, 1.807) is 29.8 Å². The Morgan fingerprint density at radius 1 is 1.23 bits per heavy atom. The smallest absolute Gasteiger partial charge is 0.340 e. The number of aromatic carboxylic acids is 1. The van der Waals surface area contributed by atoms with Gasteiger partial charge < -0.3 is 9.84 Å². The number of benzene rings is 1. The SMILES string of the molecule is CCOC(=O)/C(=C\c1ccc(C(=O)O)cc1)C1=Nn2c(nnc2-c2cccs2)SC1. The zero-order valence-corrected chi connectivity index (χ0v) is 17.4. The van der Waals surface area contributed by atoms with Gasteiger partial charge in [-0.1, -0.05) is 30.0 Å². The molecule has 0 spiro atoms. The molecule has 1 aliphatic heterocycles. The monoisotopic (exact) mass is 440 g/mol. The highest BCUT2D eigenvalue weighted by atomic mass is 32.2. The molecule has 0 amide bonds. The number of hydrogen-bond donors (Lipinski definition) is 1. The van der Waals surface area contributed by atoms with E-state index in [1.807, 2.05) is 17.5 Å². The van der Waals surface area contributed by atoms with Gasteiger partial charge in [0.05, 0.1) is 28.3 Å². The Balaban J connectivity index is 1.75. The maximum Gasteiger partial charge on any atom is 0.340 e. The van der Waals surface area contributed by atoms with Gasteiger partial charge in [0.25, 0.3) is 0 Å². The van der Waals surface area contributed by atoms with Crippen molar-refractivity contribution in [2.45, 2.75) is 12.1 Å². The van der Waals surface area contributed by atoms with E-state index in [0.29, 0.717) is 33.6 Å². The van der Waals surface area contributed by atoms with Gasteiger partial charge in [0.1, 0.15) is 0 Å². The van der Waals surface area contributed by atoms with Crippen molar-refractivity contribution in [1.29, 1.82) is 0 Å². The molecule has 30 heavy (non-hydrogen) atoms. The number of fused-ring (bicyclic) bond motifs is 1. The second kappa shape index (κ2) is 8.64. The van der Waals surface area contributed by atoms with Crippen molar-refractivity contribution in [3.63, 3.8) is 0 Å². The topological polar surface area (TPSA) is 107 Å². The van der Waals surface area contributed by atoms with Crippen LogP contribution in [0.1, 0.15) is 22.8 Å². The summed E-state index contributed by atoms with van der Waals surface area (Å²) in [6, 6.07) is 10.1. The molecule has 10 heteroatoms. The number of carboxylic acids is 1. The number of aromatic nitrogens is 3. The number of hydrogen-bond acceptors (Lipinski definition) is 8. The van der Waals surface area contributed by atoms with Crippen molar-refractivity contribution in [2.75, 3.05) is 12.4 Å². The van der Waals surface area contributed by atoms with Gasteiger partial charge in [0.2, 0.25) is 5.16 Å². The third-order valence-electron chi connectivity index (χ3n) is 4.19. The summed E-state index contributed by atoms with van der Waals surface area (Å²) >= 11 is 2.96. The van der Waals surface area contributed by atoms with Crippen LogP contribution in [0.3, 0.4) is 0 Å². The first-order chi connectivity index (χ1) is 14.6. The van der Waals surface area contributed by atoms with Crippen LogP contribution < -0.4 is 0 Å². The third kappa shape index (κ3) is 4.05. The standard InChI is InChI=1S/C20H16N4O4S2/c1-2-28-19(27)14(10-12-5-7-13(8-6-12)18(25)26)15-11-30-20-22-21-17(24(20)23-15)16-4-3-9-29-16/h3-10H,2,11H2,1H3,(H,25,26)/b14-10-. The molecule has 0 fully saturated rings. The fourth-order valence-electron chi connectivity index (χ4n) is 2.78. The van der Waals surface area contributed by atoms with E-state index in [1.165, 1.54) is 35.2 Å². The normalized spacial score (nSPS) is 13.5. The van der Waals surface area contributed by atoms with Gasteiger partial charge in [-0.05, 0) is 42.1 Å². The molecule has 0 saturated heterocycles. The van der Waals surface area contributed by atoms with E-state index in [0.717, 1.165) is 4.88 Å². The van der Waals surface area contributed by atoms with E-state index >= 15 is 0 Å². The average Bonchev–Trinajstić information content (AvgIpc) is 3.41. The first-order valence-corrected chi connectivity index (χ1v) is 10.9. The number of rotatable bonds is 6. The Morgan fingerprint density at radius 3 is 2.70 bits per heavy atom. The minimum atomic E-state index is -1.01. The largest absolute Gasteiger partial charge is 0.478 e. The minimum Gasteiger partial charge on any atom is -0.478 e. The molecule has 0 saturated carbocycles. The van der Waals surface area contributed by atoms with Crippen LogP contribution in [0.15, 0.2) is 57.6 Å². The molecule has 0 atom stereocenters. The van der Waals surface area contributed by atoms with E-state index in [4.69, 9.17) is 9.84 Å². The van der Waals surface area contributed by atoms with Crippen LogP contribution in [0.4, 0.5) is 0 Å². The minimum absolute atomic E-state index is 0.171. The maximum absolute atomic E-state index is 12.7. The Morgan fingerprint density at radius 2 is 2.03 bits per heavy atom. The molecule has 152 valence electrons. The highest BCUT2D eigenvalue weighted by Gasteiger charge is 2.25. The van der Waals surface area contributed by atoms with Gasteiger partial charge in [-0.15, -0.1) is 21.5 Å². The average molecular weight is 441 g/mol. The molecule has 4 rings (SSSR count). The lowest BCUT2D eigenvalue weighted by atomic mass is 10.1. The zero-order chi connectivity index (χ0) is 21.1. The number of carbonyl (C=O) groups excluding carboxylic acids is 1. The second-order valence-corrected chi connectivity index (χ2v) is 8.03. The molecule has 0 unspecified atom stereocenters. The number of nitrogens with zero attached hydrogens (tertiary/aromatic N) is 4. The van der Waals surface area contributed by atoms with Crippen molar-refractivity contribution >= 4 is 46.8 Å². The third-order valence-corrected chi connectivity index (χ3v) is 5.98. The Kier molecular flexibility index (Phi) is 5.77. The van der Waals surface area contributed by atoms with Gasteiger partial charge in [-0.25, -0.2) is 9.59 Å². The van der Waals surface area contributed by atoms with Crippen molar-refractivity contribution in [2.24, 2.45) is 5.10 Å². The highest BCUT2D eigenvalue weighted by Crippen LogP contribution is 2.31. The summed E-state index contributed by atoms with van der Waals surface area (Å²) in [4.78, 5) is 24.7. The summed E-state index contributed by atoms with van der Waals surface area (Å²) in [5.41, 5.74) is 1.68. The number of thiophene rings is 1. The Bertz CT molecular complexity index is 1150. The van der Waals surface area contributed by atoms with Crippen molar-refractivity contribution in [3.05, 3.63) is 58.5 Å². The first-order valence-electron chi connectivity index (χ1n) is 8.99. The summed E-state index contributed by atoms with van der Waals surface area (Å²) in [5, 5.41) is 24.7. The van der Waals surface area contributed by atoms with E-state index in [9.17, 15) is 9.59 Å². The molecule has 0 aliphatic carbocycles. The summed E-state index contributed by atoms with van der Waals surface area (Å²) < 4.78 is 6.87. The predicted molar refractivity (Wildman–Crippen MR) is 115 cm³/mol. The molecule has 1 N–H and O–H groups in total. The van der Waals surface area contributed by atoms with Crippen LogP contribution in [-0.2, 0) is 9.53 Å². The lowest BCUT2D eigenvalue weighted by Crippen LogP contribution is -2.21. The summed E-state index contributed by atoms with van der Waals surface area (Å²) in [5.74, 6) is -0.460. The molecule has 3 heterocycles. The molecular weight excluding hydrogens is 424 g/mol. The summed E-state index contributed by atoms with van der Waals surface area (Å²) in [6.07, 6.45) is 1.66. The van der Waals surface area contributed by atoms with Gasteiger partial charge in [-0.2, -0.15) is 9.78 Å². The zero-order valence-electron chi connectivity index (χ0n) is 15.8. The first kappa shape index (κ1) is 20.0. The predicted octanol–water partition coefficient (Wildman–Crippen LogP) is 3.66. The van der Waals surface area contributed by atoms with Crippen LogP contribution in [0.25, 0.3) is 16.8 Å². The number of esters is 1. The molecule has 0 radical (unpaired) electrons. The fraction of sp³-hybridized carbons (Fsp3) is 0.150. The number of thioether (sulfide) groups is 1. The fourth-order valence-corrected chi connectivity index (χ4v) is 4.30. The highest BCUT2D eigenvalue weighted by molar-refractivity contribution is 7.99. The lowest BCUT2D eigenvalue weighted by molar-refractivity contribution is -0.137. The van der Waals surface area contributed by atoms with Crippen molar-refractivity contribution in [1.82, 2.24) is 14.9 Å². The van der Waals surface area contributed by atoms with Crippen LogP contribution >= 0.6 is 23.1 Å². The van der Waals surface area contributed by atoms with Gasteiger partial charge in [-0.3, -0.25) is 0 Å². The van der Waals surface area contributed by atoms with Crippen LogP contribution in [0.2, 0.25) is 0 Å². The quantitative estimate of drug-likeness (QED) is 0.460. The van der Waals surface area contributed by atoms with Crippen LogP contribution in [-0.4, -0.2) is 50.0 Å². The number of ether oxygens (including phenoxy) is 1. The van der Waals surface area contributed by atoms with Crippen LogP contribution in [0, 0.1) is 0 Å². The molecule has 0 bridgehead atoms. The van der Waals surface area contributed by atoms with Gasteiger partial charge in [0, 0.05) is 5.75 Å². The summed E-state index contributed by atoms with van der Waals surface area (Å²) in [7, 11) is 0.